The smallest absolute Gasteiger partial charge is 0.243 e. The second kappa shape index (κ2) is 10.0. The third-order valence-corrected chi connectivity index (χ3v) is 8.16. The summed E-state index contributed by atoms with van der Waals surface area (Å²) in [5.74, 6) is 0.317. The van der Waals surface area contributed by atoms with Crippen molar-refractivity contribution in [2.75, 3.05) is 38.0 Å². The van der Waals surface area contributed by atoms with Crippen molar-refractivity contribution in [3.63, 3.8) is 0 Å². The van der Waals surface area contributed by atoms with Crippen molar-refractivity contribution in [1.82, 2.24) is 13.8 Å². The van der Waals surface area contributed by atoms with E-state index in [1.807, 2.05) is 29.4 Å². The number of sulfonamides is 1. The van der Waals surface area contributed by atoms with E-state index in [-0.39, 0.29) is 30.4 Å². The lowest BCUT2D eigenvalue weighted by Gasteiger charge is -2.33. The van der Waals surface area contributed by atoms with Crippen molar-refractivity contribution >= 4 is 21.7 Å². The summed E-state index contributed by atoms with van der Waals surface area (Å²) in [7, 11) is -3.73. The fraction of sp³-hybridized carbons (Fsp3) is 0.333. The number of aromatic nitrogens is 1. The van der Waals surface area contributed by atoms with Gasteiger partial charge in [0.05, 0.1) is 29.8 Å². The van der Waals surface area contributed by atoms with Gasteiger partial charge >= 0.3 is 0 Å². The van der Waals surface area contributed by atoms with Gasteiger partial charge in [-0.05, 0) is 55.8 Å². The highest BCUT2D eigenvalue weighted by Gasteiger charge is 2.29. The van der Waals surface area contributed by atoms with E-state index >= 15 is 0 Å². The number of anilines is 1. The molecule has 1 fully saturated rings. The van der Waals surface area contributed by atoms with Crippen LogP contribution in [-0.2, 0) is 21.4 Å². The minimum absolute atomic E-state index is 0.0391. The number of furan rings is 1. The molecule has 1 amide bonds. The van der Waals surface area contributed by atoms with E-state index in [2.05, 4.69) is 11.4 Å². The number of carbonyl (C=O) groups is 1. The van der Waals surface area contributed by atoms with Gasteiger partial charge in [-0.2, -0.15) is 9.57 Å². The molecule has 0 aliphatic carbocycles. The molecule has 0 unspecified atom stereocenters. The molecule has 1 aliphatic heterocycles. The lowest BCUT2D eigenvalue weighted by Crippen LogP contribution is -2.50. The van der Waals surface area contributed by atoms with E-state index in [1.165, 1.54) is 16.4 Å². The second-order valence-corrected chi connectivity index (χ2v) is 10.3. The molecule has 0 radical (unpaired) electrons. The Morgan fingerprint density at radius 3 is 2.43 bits per heavy atom. The Hall–Kier alpha value is -3.46. The van der Waals surface area contributed by atoms with Crippen molar-refractivity contribution in [3.05, 3.63) is 71.1 Å². The van der Waals surface area contributed by atoms with Crippen LogP contribution in [0.2, 0.25) is 0 Å². The zero-order chi connectivity index (χ0) is 25.2. The summed E-state index contributed by atoms with van der Waals surface area (Å²) >= 11 is 0. The van der Waals surface area contributed by atoms with Crippen LogP contribution in [0.4, 0.5) is 10.2 Å². The van der Waals surface area contributed by atoms with Gasteiger partial charge in [0.1, 0.15) is 23.5 Å². The number of nitrogens with one attached hydrogen (secondary N) is 1. The number of halogens is 1. The summed E-state index contributed by atoms with van der Waals surface area (Å²) in [6.45, 7) is 5.30. The summed E-state index contributed by atoms with van der Waals surface area (Å²) in [4.78, 5) is 14.8. The maximum Gasteiger partial charge on any atom is 0.243 e. The Labute approximate surface area is 203 Å². The van der Waals surface area contributed by atoms with Crippen LogP contribution in [0, 0.1) is 31.0 Å². The normalized spacial score (nSPS) is 15.1. The Balaban J connectivity index is 1.41. The third kappa shape index (κ3) is 5.14. The van der Waals surface area contributed by atoms with E-state index in [0.717, 1.165) is 23.4 Å². The highest BCUT2D eigenvalue weighted by Crippen LogP contribution is 2.27. The standard InChI is InChI=1S/C24H26FN5O4S/c1-17-18(2)30(15-20-4-3-13-34-20)24(22(17)14-26)27-23(31)16-28-9-11-29(12-10-28)35(32,33)21-7-5-19(25)6-8-21/h3-8,13H,9-12,15-16H2,1-2H3,(H,27,31). The quantitative estimate of drug-likeness (QED) is 0.535. The van der Waals surface area contributed by atoms with E-state index in [9.17, 15) is 22.9 Å². The summed E-state index contributed by atoms with van der Waals surface area (Å²) in [5.41, 5.74) is 2.04. The van der Waals surface area contributed by atoms with E-state index < -0.39 is 15.8 Å². The van der Waals surface area contributed by atoms with Crippen molar-refractivity contribution in [1.29, 1.82) is 5.26 Å². The number of piperazine rings is 1. The first-order chi connectivity index (χ1) is 16.7. The molecule has 9 nitrogen and oxygen atoms in total. The average Bonchev–Trinajstić information content (AvgIpc) is 3.42. The fourth-order valence-corrected chi connectivity index (χ4v) is 5.57. The molecular weight excluding hydrogens is 473 g/mol. The number of hydrogen-bond donors (Lipinski definition) is 1. The number of hydrogen-bond acceptors (Lipinski definition) is 6. The molecule has 11 heteroatoms. The molecular formula is C24H26FN5O4S. The molecule has 2 aromatic heterocycles. The van der Waals surface area contributed by atoms with Gasteiger partial charge < -0.3 is 14.3 Å². The topological polar surface area (TPSA) is 112 Å². The van der Waals surface area contributed by atoms with Gasteiger partial charge in [-0.3, -0.25) is 9.69 Å². The molecule has 3 aromatic rings. The van der Waals surface area contributed by atoms with Crippen LogP contribution >= 0.6 is 0 Å². The summed E-state index contributed by atoms with van der Waals surface area (Å²) < 4.78 is 47.4. The Morgan fingerprint density at radius 1 is 1.14 bits per heavy atom. The molecule has 3 heterocycles. The molecule has 4 rings (SSSR count). The van der Waals surface area contributed by atoms with Gasteiger partial charge in [0.2, 0.25) is 15.9 Å². The average molecular weight is 500 g/mol. The number of nitriles is 1. The molecule has 0 bridgehead atoms. The fourth-order valence-electron chi connectivity index (χ4n) is 4.14. The lowest BCUT2D eigenvalue weighted by atomic mass is 10.2. The van der Waals surface area contributed by atoms with Crippen LogP contribution in [0.3, 0.4) is 0 Å². The maximum atomic E-state index is 13.2. The van der Waals surface area contributed by atoms with Crippen LogP contribution in [0.1, 0.15) is 22.6 Å². The zero-order valence-electron chi connectivity index (χ0n) is 19.5. The molecule has 0 atom stereocenters. The number of benzene rings is 1. The van der Waals surface area contributed by atoms with E-state index in [4.69, 9.17) is 4.42 Å². The predicted molar refractivity (Wildman–Crippen MR) is 127 cm³/mol. The molecule has 0 spiro atoms. The zero-order valence-corrected chi connectivity index (χ0v) is 20.3. The molecule has 35 heavy (non-hydrogen) atoms. The molecule has 1 N–H and O–H groups in total. The van der Waals surface area contributed by atoms with Crippen molar-refractivity contribution < 1.29 is 22.0 Å². The Bertz CT molecular complexity index is 1350. The lowest BCUT2D eigenvalue weighted by molar-refractivity contribution is -0.117. The van der Waals surface area contributed by atoms with Crippen LogP contribution in [-0.4, -0.2) is 60.8 Å². The highest BCUT2D eigenvalue weighted by molar-refractivity contribution is 7.89. The monoisotopic (exact) mass is 499 g/mol. The number of nitrogens with zero attached hydrogens (tertiary/aromatic N) is 4. The number of rotatable bonds is 7. The summed E-state index contributed by atoms with van der Waals surface area (Å²) in [6.07, 6.45) is 1.57. The Kier molecular flexibility index (Phi) is 7.07. The van der Waals surface area contributed by atoms with Gasteiger partial charge in [0.25, 0.3) is 0 Å². The van der Waals surface area contributed by atoms with Gasteiger partial charge in [-0.1, -0.05) is 0 Å². The predicted octanol–water partition coefficient (Wildman–Crippen LogP) is 2.70. The summed E-state index contributed by atoms with van der Waals surface area (Å²) in [6, 6.07) is 10.5. The van der Waals surface area contributed by atoms with Crippen molar-refractivity contribution in [3.8, 4) is 6.07 Å². The van der Waals surface area contributed by atoms with E-state index in [0.29, 0.717) is 36.8 Å². The number of carbonyl (C=O) groups excluding carboxylic acids is 1. The molecule has 1 aromatic carbocycles. The maximum absolute atomic E-state index is 13.2. The van der Waals surface area contributed by atoms with Crippen molar-refractivity contribution in [2.24, 2.45) is 0 Å². The molecule has 1 saturated heterocycles. The largest absolute Gasteiger partial charge is 0.467 e. The first-order valence-corrected chi connectivity index (χ1v) is 12.5. The first-order valence-electron chi connectivity index (χ1n) is 11.1. The van der Waals surface area contributed by atoms with E-state index in [1.54, 1.807) is 12.3 Å². The van der Waals surface area contributed by atoms with Gasteiger partial charge in [0.15, 0.2) is 0 Å². The van der Waals surface area contributed by atoms with Crippen molar-refractivity contribution in [2.45, 2.75) is 25.3 Å². The van der Waals surface area contributed by atoms with Crippen LogP contribution in [0.5, 0.6) is 0 Å². The first kappa shape index (κ1) is 24.7. The molecule has 0 saturated carbocycles. The highest BCUT2D eigenvalue weighted by atomic mass is 32.2. The van der Waals surface area contributed by atoms with Crippen LogP contribution in [0.25, 0.3) is 0 Å². The van der Waals surface area contributed by atoms with Gasteiger partial charge in [-0.25, -0.2) is 12.8 Å². The van der Waals surface area contributed by atoms with Crippen LogP contribution in [0.15, 0.2) is 52.0 Å². The van der Waals surface area contributed by atoms with Gasteiger partial charge in [0, 0.05) is 31.9 Å². The molecule has 184 valence electrons. The third-order valence-electron chi connectivity index (χ3n) is 6.24. The summed E-state index contributed by atoms with van der Waals surface area (Å²) in [5, 5.41) is 12.6. The minimum Gasteiger partial charge on any atom is -0.467 e. The molecule has 1 aliphatic rings. The minimum atomic E-state index is -3.73. The van der Waals surface area contributed by atoms with Gasteiger partial charge in [-0.15, -0.1) is 0 Å². The van der Waals surface area contributed by atoms with Crippen LogP contribution < -0.4 is 5.32 Å². The Morgan fingerprint density at radius 2 is 1.83 bits per heavy atom. The SMILES string of the molecule is Cc1c(C#N)c(NC(=O)CN2CCN(S(=O)(=O)c3ccc(F)cc3)CC2)n(Cc2ccco2)c1C. The number of amides is 1. The second-order valence-electron chi connectivity index (χ2n) is 8.39.